The highest BCUT2D eigenvalue weighted by atomic mass is 32.2. The Hall–Kier alpha value is -1.16. The number of benzene rings is 1. The SMILES string of the molecule is CCOC(=O)c1cccc(SC2CCCC(C)C2)c1N. The molecule has 1 aromatic rings. The van der Waals surface area contributed by atoms with Gasteiger partial charge in [0.2, 0.25) is 0 Å². The first-order valence-corrected chi connectivity index (χ1v) is 8.22. The molecule has 0 heterocycles. The number of hydrogen-bond donors (Lipinski definition) is 1. The number of thioether (sulfide) groups is 1. The number of anilines is 1. The van der Waals surface area contributed by atoms with Crippen molar-refractivity contribution in [2.75, 3.05) is 12.3 Å². The van der Waals surface area contributed by atoms with Crippen LogP contribution in [0.4, 0.5) is 5.69 Å². The summed E-state index contributed by atoms with van der Waals surface area (Å²) in [7, 11) is 0. The number of nitrogen functional groups attached to an aromatic ring is 1. The third-order valence-corrected chi connectivity index (χ3v) is 5.11. The Bertz CT molecular complexity index is 476. The van der Waals surface area contributed by atoms with Crippen LogP contribution in [0.25, 0.3) is 0 Å². The van der Waals surface area contributed by atoms with E-state index >= 15 is 0 Å². The Morgan fingerprint density at radius 3 is 2.95 bits per heavy atom. The average Bonchev–Trinajstić information content (AvgIpc) is 2.41. The van der Waals surface area contributed by atoms with Crippen LogP contribution in [-0.2, 0) is 4.74 Å². The van der Waals surface area contributed by atoms with Crippen molar-refractivity contribution in [2.45, 2.75) is 49.7 Å². The number of carbonyl (C=O) groups is 1. The standard InChI is InChI=1S/C16H23NO2S/c1-3-19-16(18)13-8-5-9-14(15(13)17)20-12-7-4-6-11(2)10-12/h5,8-9,11-12H,3-4,6-7,10,17H2,1-2H3. The van der Waals surface area contributed by atoms with Crippen molar-refractivity contribution in [3.8, 4) is 0 Å². The van der Waals surface area contributed by atoms with Gasteiger partial charge < -0.3 is 10.5 Å². The number of carbonyl (C=O) groups excluding carboxylic acids is 1. The molecule has 1 aliphatic carbocycles. The quantitative estimate of drug-likeness (QED) is 0.670. The molecule has 0 amide bonds. The highest BCUT2D eigenvalue weighted by molar-refractivity contribution is 8.00. The van der Waals surface area contributed by atoms with Crippen LogP contribution in [0.3, 0.4) is 0 Å². The fourth-order valence-electron chi connectivity index (χ4n) is 2.70. The van der Waals surface area contributed by atoms with Gasteiger partial charge in [-0.25, -0.2) is 4.79 Å². The Labute approximate surface area is 125 Å². The van der Waals surface area contributed by atoms with Gasteiger partial charge in [0, 0.05) is 10.1 Å². The molecule has 110 valence electrons. The van der Waals surface area contributed by atoms with Gasteiger partial charge >= 0.3 is 5.97 Å². The number of hydrogen-bond acceptors (Lipinski definition) is 4. The summed E-state index contributed by atoms with van der Waals surface area (Å²) in [6, 6.07) is 5.63. The number of rotatable bonds is 4. The van der Waals surface area contributed by atoms with Crippen molar-refractivity contribution in [1.29, 1.82) is 0 Å². The smallest absolute Gasteiger partial charge is 0.340 e. The van der Waals surface area contributed by atoms with Gasteiger partial charge in [0.25, 0.3) is 0 Å². The normalized spacial score (nSPS) is 22.5. The second kappa shape index (κ2) is 7.02. The summed E-state index contributed by atoms with van der Waals surface area (Å²) < 4.78 is 5.04. The molecule has 3 nitrogen and oxygen atoms in total. The van der Waals surface area contributed by atoms with E-state index in [2.05, 4.69) is 6.92 Å². The molecule has 1 aromatic carbocycles. The highest BCUT2D eigenvalue weighted by Crippen LogP contribution is 2.39. The van der Waals surface area contributed by atoms with Crippen LogP contribution in [0.15, 0.2) is 23.1 Å². The van der Waals surface area contributed by atoms with E-state index in [1.807, 2.05) is 23.9 Å². The largest absolute Gasteiger partial charge is 0.462 e. The summed E-state index contributed by atoms with van der Waals surface area (Å²) in [6.45, 7) is 4.48. The topological polar surface area (TPSA) is 52.3 Å². The molecule has 0 bridgehead atoms. The van der Waals surface area contributed by atoms with Gasteiger partial charge in [0.1, 0.15) is 0 Å². The lowest BCUT2D eigenvalue weighted by Gasteiger charge is -2.26. The van der Waals surface area contributed by atoms with Crippen LogP contribution in [-0.4, -0.2) is 17.8 Å². The second-order valence-corrected chi connectivity index (χ2v) is 6.79. The molecule has 2 unspecified atom stereocenters. The van der Waals surface area contributed by atoms with Crippen molar-refractivity contribution in [2.24, 2.45) is 5.92 Å². The molecule has 0 aliphatic heterocycles. The first-order chi connectivity index (χ1) is 9.61. The molecule has 2 atom stereocenters. The summed E-state index contributed by atoms with van der Waals surface area (Å²) in [4.78, 5) is 12.9. The highest BCUT2D eigenvalue weighted by Gasteiger charge is 2.22. The fourth-order valence-corrected chi connectivity index (χ4v) is 4.16. The molecule has 2 rings (SSSR count). The van der Waals surface area contributed by atoms with Crippen LogP contribution in [0.1, 0.15) is 49.9 Å². The molecule has 2 N–H and O–H groups in total. The average molecular weight is 293 g/mol. The minimum absolute atomic E-state index is 0.329. The van der Waals surface area contributed by atoms with E-state index in [4.69, 9.17) is 10.5 Å². The maximum atomic E-state index is 11.9. The summed E-state index contributed by atoms with van der Waals surface area (Å²) >= 11 is 1.81. The van der Waals surface area contributed by atoms with Crippen LogP contribution in [0.5, 0.6) is 0 Å². The minimum Gasteiger partial charge on any atom is -0.462 e. The lowest BCUT2D eigenvalue weighted by Crippen LogP contribution is -2.15. The molecular weight excluding hydrogens is 270 g/mol. The van der Waals surface area contributed by atoms with Crippen molar-refractivity contribution in [3.05, 3.63) is 23.8 Å². The van der Waals surface area contributed by atoms with Crippen LogP contribution >= 0.6 is 11.8 Å². The van der Waals surface area contributed by atoms with Gasteiger partial charge in [-0.2, -0.15) is 0 Å². The maximum absolute atomic E-state index is 11.9. The molecule has 1 fully saturated rings. The molecule has 0 radical (unpaired) electrons. The van der Waals surface area contributed by atoms with Gasteiger partial charge in [-0.15, -0.1) is 11.8 Å². The molecule has 4 heteroatoms. The van der Waals surface area contributed by atoms with Gasteiger partial charge in [-0.1, -0.05) is 25.8 Å². The summed E-state index contributed by atoms with van der Waals surface area (Å²) in [6.07, 6.45) is 5.08. The Morgan fingerprint density at radius 2 is 2.25 bits per heavy atom. The molecule has 0 spiro atoms. The van der Waals surface area contributed by atoms with Gasteiger partial charge in [0.15, 0.2) is 0 Å². The first-order valence-electron chi connectivity index (χ1n) is 7.34. The zero-order valence-corrected chi connectivity index (χ0v) is 13.0. The summed E-state index contributed by atoms with van der Waals surface area (Å²) in [5.41, 5.74) is 7.20. The predicted molar refractivity (Wildman–Crippen MR) is 84.1 cm³/mol. The third kappa shape index (κ3) is 3.69. The lowest BCUT2D eigenvalue weighted by molar-refractivity contribution is 0.0527. The van der Waals surface area contributed by atoms with E-state index in [-0.39, 0.29) is 5.97 Å². The van der Waals surface area contributed by atoms with Crippen LogP contribution < -0.4 is 5.73 Å². The molecule has 1 aliphatic rings. The van der Waals surface area contributed by atoms with Crippen molar-refractivity contribution in [1.82, 2.24) is 0 Å². The molecule has 1 saturated carbocycles. The lowest BCUT2D eigenvalue weighted by atomic mass is 9.91. The van der Waals surface area contributed by atoms with Crippen molar-refractivity contribution in [3.63, 3.8) is 0 Å². The van der Waals surface area contributed by atoms with Gasteiger partial charge in [-0.05, 0) is 37.8 Å². The molecule has 20 heavy (non-hydrogen) atoms. The van der Waals surface area contributed by atoms with Crippen molar-refractivity contribution < 1.29 is 9.53 Å². The van der Waals surface area contributed by atoms with E-state index in [1.54, 1.807) is 13.0 Å². The molecule has 0 saturated heterocycles. The van der Waals surface area contributed by atoms with Crippen LogP contribution in [0.2, 0.25) is 0 Å². The number of ether oxygens (including phenoxy) is 1. The van der Waals surface area contributed by atoms with Crippen molar-refractivity contribution >= 4 is 23.4 Å². The van der Waals surface area contributed by atoms with Gasteiger partial charge in [-0.3, -0.25) is 0 Å². The fraction of sp³-hybridized carbons (Fsp3) is 0.562. The number of nitrogens with two attached hydrogens (primary N) is 1. The Balaban J connectivity index is 2.12. The Kier molecular flexibility index (Phi) is 5.35. The van der Waals surface area contributed by atoms with E-state index in [1.165, 1.54) is 25.7 Å². The molecule has 0 aromatic heterocycles. The van der Waals surface area contributed by atoms with Crippen LogP contribution in [0, 0.1) is 5.92 Å². The zero-order chi connectivity index (χ0) is 14.5. The number of esters is 1. The number of para-hydroxylation sites is 1. The van der Waals surface area contributed by atoms with E-state index in [0.29, 0.717) is 23.1 Å². The zero-order valence-electron chi connectivity index (χ0n) is 12.2. The molecular formula is C16H23NO2S. The Morgan fingerprint density at radius 1 is 1.45 bits per heavy atom. The monoisotopic (exact) mass is 293 g/mol. The minimum atomic E-state index is -0.329. The third-order valence-electron chi connectivity index (χ3n) is 3.74. The van der Waals surface area contributed by atoms with E-state index in [9.17, 15) is 4.79 Å². The van der Waals surface area contributed by atoms with Gasteiger partial charge in [0.05, 0.1) is 17.9 Å². The van der Waals surface area contributed by atoms with E-state index < -0.39 is 0 Å². The maximum Gasteiger partial charge on any atom is 0.340 e. The van der Waals surface area contributed by atoms with E-state index in [0.717, 1.165) is 10.8 Å². The first kappa shape index (κ1) is 15.2. The second-order valence-electron chi connectivity index (χ2n) is 5.45. The summed E-state index contributed by atoms with van der Waals surface area (Å²) in [5.74, 6) is 0.458. The summed E-state index contributed by atoms with van der Waals surface area (Å²) in [5, 5.41) is 0.610. The predicted octanol–water partition coefficient (Wildman–Crippen LogP) is 4.12.